The average molecular weight is 258 g/mol. The lowest BCUT2D eigenvalue weighted by Crippen LogP contribution is -1.99. The second kappa shape index (κ2) is 6.44. The molecule has 0 saturated carbocycles. The summed E-state index contributed by atoms with van der Waals surface area (Å²) < 4.78 is 0. The van der Waals surface area contributed by atoms with E-state index in [1.54, 1.807) is 0 Å². The number of anilines is 2. The normalized spacial score (nSPS) is 9.56. The first kappa shape index (κ1) is 12.9. The number of rotatable bonds is 4. The minimum absolute atomic E-state index is 0. The van der Waals surface area contributed by atoms with Crippen molar-refractivity contribution in [1.82, 2.24) is 4.98 Å². The maximum atomic E-state index is 4.97. The number of hydrogen-bond acceptors (Lipinski definition) is 5. The maximum Gasteiger partial charge on any atom is 0.187 e. The van der Waals surface area contributed by atoms with Crippen LogP contribution in [0.4, 0.5) is 10.8 Å². The summed E-state index contributed by atoms with van der Waals surface area (Å²) in [7, 11) is 0. The molecule has 16 heavy (non-hydrogen) atoms. The van der Waals surface area contributed by atoms with E-state index < -0.39 is 0 Å². The van der Waals surface area contributed by atoms with Crippen LogP contribution in [0.5, 0.6) is 0 Å². The lowest BCUT2D eigenvalue weighted by atomic mass is 10.3. The molecule has 0 aliphatic rings. The van der Waals surface area contributed by atoms with Gasteiger partial charge in [0, 0.05) is 11.1 Å². The Morgan fingerprint density at radius 2 is 2.06 bits per heavy atom. The Morgan fingerprint density at radius 1 is 1.31 bits per heavy atom. The van der Waals surface area contributed by atoms with E-state index in [1.807, 2.05) is 35.7 Å². The summed E-state index contributed by atoms with van der Waals surface area (Å²) in [5.74, 6) is 4.97. The van der Waals surface area contributed by atoms with Gasteiger partial charge in [-0.3, -0.25) is 4.84 Å². The third-order valence-corrected chi connectivity index (χ3v) is 2.61. The van der Waals surface area contributed by atoms with Gasteiger partial charge in [-0.15, -0.1) is 23.7 Å². The molecular weight excluding hydrogens is 246 g/mol. The van der Waals surface area contributed by atoms with Crippen molar-refractivity contribution in [2.24, 2.45) is 5.90 Å². The van der Waals surface area contributed by atoms with E-state index >= 15 is 0 Å². The molecule has 2 rings (SSSR count). The first-order valence-corrected chi connectivity index (χ1v) is 5.34. The summed E-state index contributed by atoms with van der Waals surface area (Å²) in [6, 6.07) is 9.89. The van der Waals surface area contributed by atoms with E-state index in [0.29, 0.717) is 6.61 Å². The highest BCUT2D eigenvalue weighted by molar-refractivity contribution is 7.13. The fraction of sp³-hybridized carbons (Fsp3) is 0.100. The molecule has 0 saturated heterocycles. The van der Waals surface area contributed by atoms with Crippen LogP contribution in [0.25, 0.3) is 0 Å². The first-order chi connectivity index (χ1) is 7.38. The van der Waals surface area contributed by atoms with E-state index in [1.165, 1.54) is 11.3 Å². The van der Waals surface area contributed by atoms with Crippen LogP contribution in [0.15, 0.2) is 35.7 Å². The Labute approximate surface area is 104 Å². The monoisotopic (exact) mass is 257 g/mol. The number of nitrogens with two attached hydrogens (primary N) is 1. The highest BCUT2D eigenvalue weighted by Crippen LogP contribution is 2.20. The lowest BCUT2D eigenvalue weighted by molar-refractivity contribution is 0.122. The van der Waals surface area contributed by atoms with Gasteiger partial charge in [-0.05, 0) is 12.1 Å². The molecule has 0 spiro atoms. The number of thiazole rings is 1. The second-order valence-electron chi connectivity index (χ2n) is 2.95. The van der Waals surface area contributed by atoms with Crippen LogP contribution >= 0.6 is 23.7 Å². The van der Waals surface area contributed by atoms with Gasteiger partial charge in [0.25, 0.3) is 0 Å². The number of para-hydroxylation sites is 1. The number of aromatic nitrogens is 1. The lowest BCUT2D eigenvalue weighted by Gasteiger charge is -2.00. The molecule has 3 N–H and O–H groups in total. The van der Waals surface area contributed by atoms with E-state index in [0.717, 1.165) is 16.5 Å². The molecule has 0 amide bonds. The van der Waals surface area contributed by atoms with Crippen LogP contribution in [0, 0.1) is 0 Å². The Morgan fingerprint density at radius 3 is 2.75 bits per heavy atom. The van der Waals surface area contributed by atoms with Crippen molar-refractivity contribution in [1.29, 1.82) is 0 Å². The van der Waals surface area contributed by atoms with Gasteiger partial charge in [-0.1, -0.05) is 18.2 Å². The number of halogens is 1. The number of nitrogens with zero attached hydrogens (tertiary/aromatic N) is 1. The van der Waals surface area contributed by atoms with Crippen LogP contribution < -0.4 is 11.2 Å². The van der Waals surface area contributed by atoms with Crippen molar-refractivity contribution >= 4 is 34.6 Å². The Hall–Kier alpha value is -1.14. The fourth-order valence-corrected chi connectivity index (χ4v) is 1.88. The Balaban J connectivity index is 0.00000128. The molecule has 0 unspecified atom stereocenters. The van der Waals surface area contributed by atoms with Gasteiger partial charge in [0.15, 0.2) is 5.13 Å². The molecule has 0 fully saturated rings. The zero-order valence-corrected chi connectivity index (χ0v) is 10.1. The molecule has 2 aromatic rings. The van der Waals surface area contributed by atoms with E-state index in [9.17, 15) is 0 Å². The topological polar surface area (TPSA) is 60.2 Å². The van der Waals surface area contributed by atoms with Gasteiger partial charge >= 0.3 is 0 Å². The summed E-state index contributed by atoms with van der Waals surface area (Å²) in [5, 5.41) is 5.95. The van der Waals surface area contributed by atoms with Crippen molar-refractivity contribution in [2.75, 3.05) is 5.32 Å². The Bertz CT molecular complexity index is 421. The number of benzene rings is 1. The molecule has 6 heteroatoms. The average Bonchev–Trinajstić information content (AvgIpc) is 2.68. The van der Waals surface area contributed by atoms with Crippen LogP contribution in [-0.4, -0.2) is 4.98 Å². The van der Waals surface area contributed by atoms with E-state index in [-0.39, 0.29) is 12.4 Å². The molecule has 0 aliphatic carbocycles. The zero-order valence-electron chi connectivity index (χ0n) is 8.42. The standard InChI is InChI=1S/C10H11N3OS.ClH/c11-14-6-9-7-15-10(13-9)12-8-4-2-1-3-5-8;/h1-5,7H,6,11H2,(H,12,13);1H. The third kappa shape index (κ3) is 3.46. The molecule has 1 heterocycles. The molecule has 0 radical (unpaired) electrons. The highest BCUT2D eigenvalue weighted by atomic mass is 35.5. The zero-order chi connectivity index (χ0) is 10.5. The molecular formula is C10H12ClN3OS. The second-order valence-corrected chi connectivity index (χ2v) is 3.80. The van der Waals surface area contributed by atoms with Crippen molar-refractivity contribution in [3.8, 4) is 0 Å². The van der Waals surface area contributed by atoms with Gasteiger partial charge in [-0.2, -0.15) is 0 Å². The largest absolute Gasteiger partial charge is 0.332 e. The molecule has 0 bridgehead atoms. The maximum absolute atomic E-state index is 4.97. The molecule has 0 aliphatic heterocycles. The van der Waals surface area contributed by atoms with Crippen molar-refractivity contribution in [2.45, 2.75) is 6.61 Å². The van der Waals surface area contributed by atoms with Gasteiger partial charge in [0.05, 0.1) is 5.69 Å². The fourth-order valence-electron chi connectivity index (χ4n) is 1.16. The minimum Gasteiger partial charge on any atom is -0.332 e. The molecule has 0 atom stereocenters. The predicted molar refractivity (Wildman–Crippen MR) is 68.1 cm³/mol. The first-order valence-electron chi connectivity index (χ1n) is 4.46. The minimum atomic E-state index is 0. The van der Waals surface area contributed by atoms with Gasteiger partial charge in [0.2, 0.25) is 0 Å². The molecule has 1 aromatic heterocycles. The van der Waals surface area contributed by atoms with Crippen LogP contribution in [0.1, 0.15) is 5.69 Å². The van der Waals surface area contributed by atoms with Crippen molar-refractivity contribution in [3.05, 3.63) is 41.4 Å². The van der Waals surface area contributed by atoms with Crippen molar-refractivity contribution in [3.63, 3.8) is 0 Å². The summed E-state index contributed by atoms with van der Waals surface area (Å²) in [5.41, 5.74) is 1.85. The highest BCUT2D eigenvalue weighted by Gasteiger charge is 2.01. The van der Waals surface area contributed by atoms with E-state index in [4.69, 9.17) is 5.90 Å². The summed E-state index contributed by atoms with van der Waals surface area (Å²) in [4.78, 5) is 8.81. The van der Waals surface area contributed by atoms with Gasteiger partial charge in [-0.25, -0.2) is 10.9 Å². The summed E-state index contributed by atoms with van der Waals surface area (Å²) in [6.45, 7) is 0.340. The van der Waals surface area contributed by atoms with Crippen LogP contribution in [-0.2, 0) is 11.4 Å². The molecule has 1 aromatic carbocycles. The van der Waals surface area contributed by atoms with E-state index in [2.05, 4.69) is 15.1 Å². The smallest absolute Gasteiger partial charge is 0.187 e. The quantitative estimate of drug-likeness (QED) is 0.827. The number of nitrogens with one attached hydrogen (secondary N) is 1. The van der Waals surface area contributed by atoms with Crippen molar-refractivity contribution < 1.29 is 4.84 Å². The SMILES string of the molecule is Cl.NOCc1csc(Nc2ccccc2)n1. The van der Waals surface area contributed by atoms with Crippen LogP contribution in [0.3, 0.4) is 0 Å². The summed E-state index contributed by atoms with van der Waals surface area (Å²) >= 11 is 1.53. The van der Waals surface area contributed by atoms with Gasteiger partial charge < -0.3 is 5.32 Å². The Kier molecular flexibility index (Phi) is 5.21. The third-order valence-electron chi connectivity index (χ3n) is 1.81. The predicted octanol–water partition coefficient (Wildman–Crippen LogP) is 2.70. The summed E-state index contributed by atoms with van der Waals surface area (Å²) in [6.07, 6.45) is 0. The van der Waals surface area contributed by atoms with Gasteiger partial charge in [0.1, 0.15) is 6.61 Å². The molecule has 86 valence electrons. The van der Waals surface area contributed by atoms with Crippen LogP contribution in [0.2, 0.25) is 0 Å². The molecule has 4 nitrogen and oxygen atoms in total. The number of hydrogen-bond donors (Lipinski definition) is 2.